The predicted octanol–water partition coefficient (Wildman–Crippen LogP) is 1.85. The Kier molecular flexibility index (Phi) is 4.03. The first kappa shape index (κ1) is 13.4. The van der Waals surface area contributed by atoms with E-state index in [2.05, 4.69) is 5.32 Å². The smallest absolute Gasteiger partial charge is 0.311 e. The quantitative estimate of drug-likeness (QED) is 0.863. The standard InChI is InChI=1S/C14H16N2O3/c15-9-11-1-3-12(4-2-11)16-10-14(13(17)18)5-7-19-8-6-14/h1-4,16H,5-8,10H2,(H,17,18). The number of hydrogen-bond donors (Lipinski definition) is 2. The van der Waals surface area contributed by atoms with E-state index in [-0.39, 0.29) is 0 Å². The van der Waals surface area contributed by atoms with Gasteiger partial charge in [0.25, 0.3) is 0 Å². The molecule has 1 fully saturated rings. The minimum absolute atomic E-state index is 0.373. The molecule has 1 saturated heterocycles. The monoisotopic (exact) mass is 260 g/mol. The zero-order valence-electron chi connectivity index (χ0n) is 10.6. The summed E-state index contributed by atoms with van der Waals surface area (Å²) in [4.78, 5) is 11.5. The molecule has 19 heavy (non-hydrogen) atoms. The fraction of sp³-hybridized carbons (Fsp3) is 0.429. The van der Waals surface area contributed by atoms with Gasteiger partial charge in [-0.3, -0.25) is 4.79 Å². The van der Waals surface area contributed by atoms with Crippen LogP contribution in [0.2, 0.25) is 0 Å². The summed E-state index contributed by atoms with van der Waals surface area (Å²) in [5.41, 5.74) is 0.655. The number of hydrogen-bond acceptors (Lipinski definition) is 4. The third kappa shape index (κ3) is 3.04. The average Bonchev–Trinajstić information content (AvgIpc) is 2.46. The van der Waals surface area contributed by atoms with Crippen molar-refractivity contribution in [2.45, 2.75) is 12.8 Å². The summed E-state index contributed by atoms with van der Waals surface area (Å²) in [6, 6.07) is 9.03. The van der Waals surface area contributed by atoms with Crippen LogP contribution in [-0.2, 0) is 9.53 Å². The SMILES string of the molecule is N#Cc1ccc(NCC2(C(=O)O)CCOCC2)cc1. The Bertz CT molecular complexity index is 484. The van der Waals surface area contributed by atoms with Crippen molar-refractivity contribution in [3.63, 3.8) is 0 Å². The van der Waals surface area contributed by atoms with Crippen molar-refractivity contribution >= 4 is 11.7 Å². The lowest BCUT2D eigenvalue weighted by molar-refractivity contribution is -0.153. The molecule has 0 saturated carbocycles. The van der Waals surface area contributed by atoms with E-state index in [9.17, 15) is 9.90 Å². The summed E-state index contributed by atoms with van der Waals surface area (Å²) in [5, 5.41) is 21.3. The zero-order valence-corrected chi connectivity index (χ0v) is 10.6. The topological polar surface area (TPSA) is 82.4 Å². The molecule has 5 heteroatoms. The molecule has 0 aliphatic carbocycles. The molecule has 100 valence electrons. The largest absolute Gasteiger partial charge is 0.481 e. The van der Waals surface area contributed by atoms with Crippen molar-refractivity contribution in [3.05, 3.63) is 29.8 Å². The molecule has 2 rings (SSSR count). The molecule has 1 aliphatic heterocycles. The van der Waals surface area contributed by atoms with Crippen molar-refractivity contribution in [2.24, 2.45) is 5.41 Å². The Morgan fingerprint density at radius 2 is 2.00 bits per heavy atom. The molecule has 2 N–H and O–H groups in total. The van der Waals surface area contributed by atoms with E-state index in [0.717, 1.165) is 5.69 Å². The minimum Gasteiger partial charge on any atom is -0.481 e. The molecule has 0 spiro atoms. The van der Waals surface area contributed by atoms with Gasteiger partial charge in [0.05, 0.1) is 17.0 Å². The highest BCUT2D eigenvalue weighted by Crippen LogP contribution is 2.31. The molecular weight excluding hydrogens is 244 g/mol. The third-order valence-electron chi connectivity index (χ3n) is 3.55. The van der Waals surface area contributed by atoms with Crippen LogP contribution in [0.5, 0.6) is 0 Å². The lowest BCUT2D eigenvalue weighted by Crippen LogP contribution is -2.42. The van der Waals surface area contributed by atoms with Crippen LogP contribution in [0.25, 0.3) is 0 Å². The van der Waals surface area contributed by atoms with Gasteiger partial charge >= 0.3 is 5.97 Å². The molecule has 0 radical (unpaired) electrons. The first-order chi connectivity index (χ1) is 9.16. The Morgan fingerprint density at radius 1 is 1.37 bits per heavy atom. The van der Waals surface area contributed by atoms with E-state index in [4.69, 9.17) is 10.00 Å². The Hall–Kier alpha value is -2.06. The summed E-state index contributed by atoms with van der Waals surface area (Å²) in [7, 11) is 0. The van der Waals surface area contributed by atoms with Gasteiger partial charge in [0, 0.05) is 25.4 Å². The van der Waals surface area contributed by atoms with Crippen LogP contribution in [0.3, 0.4) is 0 Å². The second-order valence-corrected chi connectivity index (χ2v) is 4.74. The average molecular weight is 260 g/mol. The normalized spacial score (nSPS) is 17.4. The van der Waals surface area contributed by atoms with Crippen LogP contribution < -0.4 is 5.32 Å². The Balaban J connectivity index is 2.02. The molecular formula is C14H16N2O3. The number of nitrogens with zero attached hydrogens (tertiary/aromatic N) is 1. The maximum absolute atomic E-state index is 11.5. The van der Waals surface area contributed by atoms with Gasteiger partial charge in [-0.1, -0.05) is 0 Å². The van der Waals surface area contributed by atoms with Crippen molar-refractivity contribution in [2.75, 3.05) is 25.1 Å². The summed E-state index contributed by atoms with van der Waals surface area (Å²) in [5.74, 6) is -0.781. The number of ether oxygens (including phenoxy) is 1. The number of carboxylic acids is 1. The number of nitrogens with one attached hydrogen (secondary N) is 1. The van der Waals surface area contributed by atoms with Crippen molar-refractivity contribution in [1.82, 2.24) is 0 Å². The van der Waals surface area contributed by atoms with Gasteiger partial charge in [0.15, 0.2) is 0 Å². The zero-order chi connectivity index (χ0) is 13.7. The van der Waals surface area contributed by atoms with Crippen LogP contribution in [0, 0.1) is 16.7 Å². The third-order valence-corrected chi connectivity index (χ3v) is 3.55. The molecule has 1 aromatic carbocycles. The first-order valence-electron chi connectivity index (χ1n) is 6.21. The highest BCUT2D eigenvalue weighted by Gasteiger charge is 2.39. The number of carbonyl (C=O) groups is 1. The number of rotatable bonds is 4. The fourth-order valence-corrected chi connectivity index (χ4v) is 2.16. The van der Waals surface area contributed by atoms with Crippen molar-refractivity contribution < 1.29 is 14.6 Å². The van der Waals surface area contributed by atoms with Gasteiger partial charge in [-0.2, -0.15) is 5.26 Å². The summed E-state index contributed by atoms with van der Waals surface area (Å²) in [6.45, 7) is 1.35. The molecule has 0 bridgehead atoms. The minimum atomic E-state index is -0.781. The van der Waals surface area contributed by atoms with E-state index in [0.29, 0.717) is 38.2 Å². The number of benzene rings is 1. The molecule has 5 nitrogen and oxygen atoms in total. The predicted molar refractivity (Wildman–Crippen MR) is 69.8 cm³/mol. The van der Waals surface area contributed by atoms with E-state index in [1.54, 1.807) is 24.3 Å². The van der Waals surface area contributed by atoms with E-state index >= 15 is 0 Å². The molecule has 0 atom stereocenters. The summed E-state index contributed by atoms with van der Waals surface area (Å²) in [6.07, 6.45) is 1.04. The lowest BCUT2D eigenvalue weighted by Gasteiger charge is -2.33. The van der Waals surface area contributed by atoms with Gasteiger partial charge in [-0.15, -0.1) is 0 Å². The molecule has 1 aliphatic rings. The van der Waals surface area contributed by atoms with Crippen LogP contribution in [-0.4, -0.2) is 30.8 Å². The number of anilines is 1. The summed E-state index contributed by atoms with van der Waals surface area (Å²) >= 11 is 0. The summed E-state index contributed by atoms with van der Waals surface area (Å²) < 4.78 is 5.23. The number of nitriles is 1. The maximum atomic E-state index is 11.5. The Morgan fingerprint density at radius 3 is 2.53 bits per heavy atom. The second kappa shape index (κ2) is 5.72. The molecule has 1 heterocycles. The van der Waals surface area contributed by atoms with Gasteiger partial charge in [0.1, 0.15) is 0 Å². The number of aliphatic carboxylic acids is 1. The van der Waals surface area contributed by atoms with E-state index < -0.39 is 11.4 Å². The molecule has 0 unspecified atom stereocenters. The van der Waals surface area contributed by atoms with E-state index in [1.807, 2.05) is 6.07 Å². The van der Waals surface area contributed by atoms with Crippen LogP contribution in [0.4, 0.5) is 5.69 Å². The second-order valence-electron chi connectivity index (χ2n) is 4.74. The van der Waals surface area contributed by atoms with Gasteiger partial charge in [0.2, 0.25) is 0 Å². The van der Waals surface area contributed by atoms with Gasteiger partial charge in [-0.25, -0.2) is 0 Å². The maximum Gasteiger partial charge on any atom is 0.311 e. The van der Waals surface area contributed by atoms with Crippen molar-refractivity contribution in [3.8, 4) is 6.07 Å². The van der Waals surface area contributed by atoms with Crippen molar-refractivity contribution in [1.29, 1.82) is 5.26 Å². The Labute approximate surface area is 111 Å². The lowest BCUT2D eigenvalue weighted by atomic mass is 9.80. The van der Waals surface area contributed by atoms with E-state index in [1.165, 1.54) is 0 Å². The van der Waals surface area contributed by atoms with Crippen LogP contribution >= 0.6 is 0 Å². The highest BCUT2D eigenvalue weighted by molar-refractivity contribution is 5.75. The molecule has 0 amide bonds. The molecule has 1 aromatic rings. The molecule has 0 aromatic heterocycles. The first-order valence-corrected chi connectivity index (χ1v) is 6.21. The number of carboxylic acid groups (broad SMARTS) is 1. The van der Waals surface area contributed by atoms with Crippen LogP contribution in [0.15, 0.2) is 24.3 Å². The van der Waals surface area contributed by atoms with Gasteiger partial charge < -0.3 is 15.2 Å². The van der Waals surface area contributed by atoms with Gasteiger partial charge in [-0.05, 0) is 37.1 Å². The highest BCUT2D eigenvalue weighted by atomic mass is 16.5. The fourth-order valence-electron chi connectivity index (χ4n) is 2.16. The van der Waals surface area contributed by atoms with Crippen LogP contribution in [0.1, 0.15) is 18.4 Å².